The van der Waals surface area contributed by atoms with Crippen LogP contribution in [0.25, 0.3) is 0 Å². The van der Waals surface area contributed by atoms with Crippen molar-refractivity contribution in [1.29, 1.82) is 0 Å². The normalized spacial score (nSPS) is 21.1. The molecule has 4 nitrogen and oxygen atoms in total. The predicted molar refractivity (Wildman–Crippen MR) is 93.0 cm³/mol. The number of thiocarbonyl (C=S) groups is 1. The van der Waals surface area contributed by atoms with Crippen LogP contribution in [0.1, 0.15) is 29.1 Å². The Kier molecular flexibility index (Phi) is 5.02. The number of rotatable bonds is 6. The molecule has 1 N–H and O–H groups in total. The van der Waals surface area contributed by atoms with Gasteiger partial charge in [0.15, 0.2) is 5.11 Å². The molecule has 0 bridgehead atoms. The smallest absolute Gasteiger partial charge is 0.170 e. The molecular formula is C16H19N3OS2. The van der Waals surface area contributed by atoms with Crippen LogP contribution in [0.4, 0.5) is 0 Å². The highest BCUT2D eigenvalue weighted by molar-refractivity contribution is 7.80. The molecule has 1 aliphatic heterocycles. The van der Waals surface area contributed by atoms with E-state index in [9.17, 15) is 0 Å². The fourth-order valence-corrected chi connectivity index (χ4v) is 4.00. The quantitative estimate of drug-likeness (QED) is 0.649. The number of ether oxygens (including phenoxy) is 1. The van der Waals surface area contributed by atoms with Crippen molar-refractivity contribution >= 4 is 28.7 Å². The molecule has 0 saturated carbocycles. The zero-order valence-corrected chi connectivity index (χ0v) is 14.1. The molecule has 116 valence electrons. The van der Waals surface area contributed by atoms with Crippen LogP contribution in [-0.4, -0.2) is 35.3 Å². The Morgan fingerprint density at radius 1 is 1.36 bits per heavy atom. The second-order valence-electron chi connectivity index (χ2n) is 5.18. The van der Waals surface area contributed by atoms with E-state index in [1.807, 2.05) is 18.3 Å². The van der Waals surface area contributed by atoms with Crippen LogP contribution in [0, 0.1) is 0 Å². The summed E-state index contributed by atoms with van der Waals surface area (Å²) in [6, 6.07) is 10.6. The molecule has 0 aliphatic carbocycles. The van der Waals surface area contributed by atoms with Crippen molar-refractivity contribution in [1.82, 2.24) is 15.2 Å². The first kappa shape index (κ1) is 15.4. The molecule has 2 atom stereocenters. The third-order valence-electron chi connectivity index (χ3n) is 3.78. The Bertz CT molecular complexity index is 603. The van der Waals surface area contributed by atoms with Crippen molar-refractivity contribution in [3.8, 4) is 0 Å². The van der Waals surface area contributed by atoms with E-state index in [2.05, 4.69) is 38.8 Å². The molecule has 1 aliphatic rings. The van der Waals surface area contributed by atoms with E-state index in [1.165, 1.54) is 4.88 Å². The Hall–Kier alpha value is -1.50. The summed E-state index contributed by atoms with van der Waals surface area (Å²) in [6.45, 7) is 1.62. The van der Waals surface area contributed by atoms with Crippen LogP contribution in [0.5, 0.6) is 0 Å². The van der Waals surface area contributed by atoms with Gasteiger partial charge >= 0.3 is 0 Å². The second-order valence-corrected chi connectivity index (χ2v) is 6.55. The van der Waals surface area contributed by atoms with E-state index in [-0.39, 0.29) is 12.1 Å². The van der Waals surface area contributed by atoms with Crippen molar-refractivity contribution in [3.63, 3.8) is 0 Å². The van der Waals surface area contributed by atoms with Gasteiger partial charge in [-0.1, -0.05) is 12.1 Å². The third kappa shape index (κ3) is 3.14. The largest absolute Gasteiger partial charge is 0.385 e. The zero-order chi connectivity index (χ0) is 15.4. The summed E-state index contributed by atoms with van der Waals surface area (Å²) in [6.07, 6.45) is 2.79. The molecule has 0 aromatic carbocycles. The summed E-state index contributed by atoms with van der Waals surface area (Å²) in [5.41, 5.74) is 1.03. The molecule has 1 saturated heterocycles. The first-order valence-electron chi connectivity index (χ1n) is 7.31. The standard InChI is InChI=1S/C16H19N3OS2/c1-20-10-5-9-19-15(13-7-4-11-22-13)14(18-16(19)21)12-6-2-3-8-17-12/h2-4,6-8,11,14-15H,5,9-10H2,1H3,(H,18,21)/t14-,15-/m0/s1. The van der Waals surface area contributed by atoms with E-state index >= 15 is 0 Å². The number of thiophene rings is 1. The fraction of sp³-hybridized carbons (Fsp3) is 0.375. The summed E-state index contributed by atoms with van der Waals surface area (Å²) in [4.78, 5) is 8.09. The number of aromatic nitrogens is 1. The highest BCUT2D eigenvalue weighted by atomic mass is 32.1. The van der Waals surface area contributed by atoms with Gasteiger partial charge in [-0.25, -0.2) is 0 Å². The number of nitrogens with zero attached hydrogens (tertiary/aromatic N) is 2. The predicted octanol–water partition coefficient (Wildman–Crippen LogP) is 3.15. The van der Waals surface area contributed by atoms with Crippen molar-refractivity contribution in [2.24, 2.45) is 0 Å². The van der Waals surface area contributed by atoms with E-state index < -0.39 is 0 Å². The lowest BCUT2D eigenvalue weighted by Gasteiger charge is -2.26. The van der Waals surface area contributed by atoms with Crippen LogP contribution in [-0.2, 0) is 4.74 Å². The molecule has 22 heavy (non-hydrogen) atoms. The van der Waals surface area contributed by atoms with Crippen molar-refractivity contribution in [2.45, 2.75) is 18.5 Å². The monoisotopic (exact) mass is 333 g/mol. The molecule has 0 unspecified atom stereocenters. The highest BCUT2D eigenvalue weighted by Crippen LogP contribution is 2.40. The van der Waals surface area contributed by atoms with Crippen molar-refractivity contribution in [2.75, 3.05) is 20.3 Å². The average molecular weight is 333 g/mol. The van der Waals surface area contributed by atoms with Crippen LogP contribution >= 0.6 is 23.6 Å². The Labute approximate surface area is 140 Å². The zero-order valence-electron chi connectivity index (χ0n) is 12.4. The molecule has 3 heterocycles. The summed E-state index contributed by atoms with van der Waals surface area (Å²) in [5.74, 6) is 0. The first-order valence-corrected chi connectivity index (χ1v) is 8.60. The van der Waals surface area contributed by atoms with Gasteiger partial charge in [-0.05, 0) is 42.2 Å². The van der Waals surface area contributed by atoms with Gasteiger partial charge in [0.2, 0.25) is 0 Å². The van der Waals surface area contributed by atoms with Gasteiger partial charge < -0.3 is 15.0 Å². The SMILES string of the molecule is COCCCN1C(=S)N[C@@H](c2ccccn2)[C@@H]1c1cccs1. The van der Waals surface area contributed by atoms with Gasteiger partial charge in [0.25, 0.3) is 0 Å². The molecular weight excluding hydrogens is 314 g/mol. The van der Waals surface area contributed by atoms with Gasteiger partial charge in [-0.15, -0.1) is 11.3 Å². The van der Waals surface area contributed by atoms with Crippen LogP contribution in [0.15, 0.2) is 41.9 Å². The number of methoxy groups -OCH3 is 1. The Morgan fingerprint density at radius 3 is 2.95 bits per heavy atom. The third-order valence-corrected chi connectivity index (χ3v) is 5.08. The van der Waals surface area contributed by atoms with Crippen LogP contribution in [0.2, 0.25) is 0 Å². The van der Waals surface area contributed by atoms with E-state index in [0.717, 1.165) is 30.4 Å². The summed E-state index contributed by atoms with van der Waals surface area (Å²) < 4.78 is 5.17. The lowest BCUT2D eigenvalue weighted by molar-refractivity contribution is 0.181. The number of nitrogens with one attached hydrogen (secondary N) is 1. The molecule has 0 spiro atoms. The lowest BCUT2D eigenvalue weighted by atomic mass is 10.0. The van der Waals surface area contributed by atoms with Gasteiger partial charge in [0.05, 0.1) is 17.8 Å². The average Bonchev–Trinajstić information content (AvgIpc) is 3.17. The fourth-order valence-electron chi connectivity index (χ4n) is 2.79. The molecule has 0 amide bonds. The summed E-state index contributed by atoms with van der Waals surface area (Å²) >= 11 is 7.33. The minimum Gasteiger partial charge on any atom is -0.385 e. The lowest BCUT2D eigenvalue weighted by Crippen LogP contribution is -2.30. The van der Waals surface area contributed by atoms with Gasteiger partial charge in [-0.3, -0.25) is 4.98 Å². The minimum atomic E-state index is 0.0925. The topological polar surface area (TPSA) is 37.4 Å². The molecule has 1 fully saturated rings. The molecule has 6 heteroatoms. The number of pyridine rings is 1. The van der Waals surface area contributed by atoms with E-state index in [0.29, 0.717) is 0 Å². The van der Waals surface area contributed by atoms with Crippen LogP contribution in [0.3, 0.4) is 0 Å². The maximum Gasteiger partial charge on any atom is 0.170 e. The molecule has 2 aromatic heterocycles. The van der Waals surface area contributed by atoms with Gasteiger partial charge in [-0.2, -0.15) is 0 Å². The maximum absolute atomic E-state index is 5.57. The Balaban J connectivity index is 1.88. The molecule has 3 rings (SSSR count). The van der Waals surface area contributed by atoms with Gasteiger partial charge in [0, 0.05) is 31.3 Å². The molecule has 0 radical (unpaired) electrons. The van der Waals surface area contributed by atoms with Crippen LogP contribution < -0.4 is 5.32 Å². The molecule has 2 aromatic rings. The second kappa shape index (κ2) is 7.17. The summed E-state index contributed by atoms with van der Waals surface area (Å²) in [5, 5.41) is 6.35. The van der Waals surface area contributed by atoms with Crippen molar-refractivity contribution in [3.05, 3.63) is 52.5 Å². The summed E-state index contributed by atoms with van der Waals surface area (Å²) in [7, 11) is 1.73. The first-order chi connectivity index (χ1) is 10.8. The van der Waals surface area contributed by atoms with Gasteiger partial charge in [0.1, 0.15) is 0 Å². The Morgan fingerprint density at radius 2 is 2.27 bits per heavy atom. The van der Waals surface area contributed by atoms with E-state index in [4.69, 9.17) is 17.0 Å². The maximum atomic E-state index is 5.57. The highest BCUT2D eigenvalue weighted by Gasteiger charge is 2.39. The minimum absolute atomic E-state index is 0.0925. The van der Waals surface area contributed by atoms with E-state index in [1.54, 1.807) is 18.4 Å². The van der Waals surface area contributed by atoms with Crippen molar-refractivity contribution < 1.29 is 4.74 Å². The number of hydrogen-bond acceptors (Lipinski definition) is 4. The number of hydrogen-bond donors (Lipinski definition) is 1.